The number of nitriles is 2. The van der Waals surface area contributed by atoms with E-state index >= 15 is 0 Å². The summed E-state index contributed by atoms with van der Waals surface area (Å²) in [4.78, 5) is 29.4. The van der Waals surface area contributed by atoms with Gasteiger partial charge < -0.3 is 9.80 Å². The molecule has 3 rings (SSSR count). The minimum Gasteiger partial charge on any atom is -0.339 e. The van der Waals surface area contributed by atoms with E-state index in [-0.39, 0.29) is 23.9 Å². The molecule has 0 radical (unpaired) electrons. The number of carbonyl (C=O) groups excluding carboxylic acids is 2. The molecular formula is C28H28N4O2. The Bertz CT molecular complexity index is 1180. The summed E-state index contributed by atoms with van der Waals surface area (Å²) in [5, 5.41) is 18.5. The fourth-order valence-corrected chi connectivity index (χ4v) is 4.22. The molecule has 1 aliphatic rings. The zero-order valence-corrected chi connectivity index (χ0v) is 19.5. The zero-order valence-electron chi connectivity index (χ0n) is 19.5. The van der Waals surface area contributed by atoms with Crippen LogP contribution in [0, 0.1) is 22.7 Å². The van der Waals surface area contributed by atoms with Crippen molar-refractivity contribution < 1.29 is 9.59 Å². The SMILES string of the molecule is CC(C)N(C(=O)/C=C\c1ccccc1C#N)C1CCN(C(=O)/C=C\c2ccccc2C#N)CC1. The molecule has 1 heterocycles. The molecule has 0 unspecified atom stereocenters. The Labute approximate surface area is 201 Å². The molecule has 34 heavy (non-hydrogen) atoms. The minimum absolute atomic E-state index is 0.0120. The molecule has 0 spiro atoms. The first-order valence-electron chi connectivity index (χ1n) is 11.4. The van der Waals surface area contributed by atoms with Crippen molar-refractivity contribution in [3.63, 3.8) is 0 Å². The summed E-state index contributed by atoms with van der Waals surface area (Å²) in [6.45, 7) is 5.10. The highest BCUT2D eigenvalue weighted by atomic mass is 16.2. The van der Waals surface area contributed by atoms with Crippen LogP contribution in [0.25, 0.3) is 12.2 Å². The summed E-state index contributed by atoms with van der Waals surface area (Å²) in [6.07, 6.45) is 7.81. The van der Waals surface area contributed by atoms with Gasteiger partial charge in [0.25, 0.3) is 0 Å². The normalized spacial score (nSPS) is 14.3. The highest BCUT2D eigenvalue weighted by Crippen LogP contribution is 2.21. The van der Waals surface area contributed by atoms with E-state index in [1.165, 1.54) is 12.2 Å². The number of rotatable bonds is 6. The summed E-state index contributed by atoms with van der Waals surface area (Å²) < 4.78 is 0. The minimum atomic E-state index is -0.0967. The van der Waals surface area contributed by atoms with Crippen LogP contribution in [-0.2, 0) is 9.59 Å². The molecule has 1 saturated heterocycles. The van der Waals surface area contributed by atoms with Crippen molar-refractivity contribution in [2.75, 3.05) is 13.1 Å². The van der Waals surface area contributed by atoms with E-state index in [1.54, 1.807) is 41.3 Å². The highest BCUT2D eigenvalue weighted by Gasteiger charge is 2.29. The van der Waals surface area contributed by atoms with Crippen molar-refractivity contribution in [3.05, 3.63) is 82.9 Å². The molecule has 0 aliphatic carbocycles. The number of carbonyl (C=O) groups is 2. The molecule has 0 aromatic heterocycles. The van der Waals surface area contributed by atoms with Crippen LogP contribution < -0.4 is 0 Å². The summed E-state index contributed by atoms with van der Waals surface area (Å²) >= 11 is 0. The molecule has 0 bridgehead atoms. The van der Waals surface area contributed by atoms with E-state index in [9.17, 15) is 20.1 Å². The second-order valence-corrected chi connectivity index (χ2v) is 8.46. The molecule has 0 saturated carbocycles. The van der Waals surface area contributed by atoms with E-state index in [1.807, 2.05) is 43.0 Å². The number of likely N-dealkylation sites (tertiary alicyclic amines) is 1. The average Bonchev–Trinajstić information content (AvgIpc) is 2.86. The second kappa shape index (κ2) is 11.6. The standard InChI is InChI=1S/C28H28N4O2/c1-21(2)32(28(34)14-12-23-8-4-6-10-25(23)20-30)26-15-17-31(18-16-26)27(33)13-11-22-7-3-5-9-24(22)19-29/h3-14,21,26H,15-18H2,1-2H3/b13-11-,14-12-. The summed E-state index contributed by atoms with van der Waals surface area (Å²) in [6, 6.07) is 18.7. The van der Waals surface area contributed by atoms with Crippen LogP contribution in [0.2, 0.25) is 0 Å². The molecule has 0 N–H and O–H groups in total. The molecule has 2 aromatic rings. The maximum Gasteiger partial charge on any atom is 0.247 e. The molecule has 172 valence electrons. The molecule has 1 fully saturated rings. The van der Waals surface area contributed by atoms with Crippen molar-refractivity contribution in [2.24, 2.45) is 0 Å². The van der Waals surface area contributed by atoms with E-state index in [0.717, 1.165) is 5.56 Å². The van der Waals surface area contributed by atoms with Crippen LogP contribution in [0.5, 0.6) is 0 Å². The predicted molar refractivity (Wildman–Crippen MR) is 132 cm³/mol. The lowest BCUT2D eigenvalue weighted by Crippen LogP contribution is -2.50. The average molecular weight is 453 g/mol. The Morgan fingerprint density at radius 2 is 1.41 bits per heavy atom. The molecule has 2 amide bonds. The number of hydrogen-bond acceptors (Lipinski definition) is 4. The van der Waals surface area contributed by atoms with Gasteiger partial charge in [-0.1, -0.05) is 36.4 Å². The topological polar surface area (TPSA) is 88.2 Å². The van der Waals surface area contributed by atoms with Gasteiger partial charge in [0.15, 0.2) is 0 Å². The second-order valence-electron chi connectivity index (χ2n) is 8.46. The number of benzene rings is 2. The van der Waals surface area contributed by atoms with Crippen LogP contribution in [-0.4, -0.2) is 46.8 Å². The maximum atomic E-state index is 13.0. The first-order chi connectivity index (χ1) is 16.4. The Hall–Kier alpha value is -4.16. The van der Waals surface area contributed by atoms with Crippen LogP contribution >= 0.6 is 0 Å². The van der Waals surface area contributed by atoms with Crippen LogP contribution in [0.3, 0.4) is 0 Å². The van der Waals surface area contributed by atoms with Gasteiger partial charge in [-0.15, -0.1) is 0 Å². The summed E-state index contributed by atoms with van der Waals surface area (Å²) in [5.41, 5.74) is 2.49. The van der Waals surface area contributed by atoms with Crippen LogP contribution in [0.1, 0.15) is 48.9 Å². The van der Waals surface area contributed by atoms with Gasteiger partial charge in [-0.2, -0.15) is 10.5 Å². The zero-order chi connectivity index (χ0) is 24.5. The molecule has 0 atom stereocenters. The fourth-order valence-electron chi connectivity index (χ4n) is 4.22. The predicted octanol–water partition coefficient (Wildman–Crippen LogP) is 4.38. The van der Waals surface area contributed by atoms with Gasteiger partial charge in [-0.25, -0.2) is 0 Å². The Balaban J connectivity index is 1.62. The lowest BCUT2D eigenvalue weighted by molar-refractivity contribution is -0.132. The third-order valence-corrected chi connectivity index (χ3v) is 5.95. The Morgan fingerprint density at radius 3 is 1.91 bits per heavy atom. The van der Waals surface area contributed by atoms with E-state index in [4.69, 9.17) is 0 Å². The monoisotopic (exact) mass is 452 g/mol. The summed E-state index contributed by atoms with van der Waals surface area (Å²) in [5.74, 6) is -0.192. The molecule has 1 aliphatic heterocycles. The molecular weight excluding hydrogens is 424 g/mol. The van der Waals surface area contributed by atoms with Gasteiger partial charge in [0.1, 0.15) is 0 Å². The van der Waals surface area contributed by atoms with E-state index in [2.05, 4.69) is 12.1 Å². The highest BCUT2D eigenvalue weighted by molar-refractivity contribution is 5.93. The third kappa shape index (κ3) is 5.99. The number of nitrogens with zero attached hydrogens (tertiary/aromatic N) is 4. The van der Waals surface area contributed by atoms with Crippen molar-refractivity contribution in [1.29, 1.82) is 10.5 Å². The van der Waals surface area contributed by atoms with Gasteiger partial charge in [0.05, 0.1) is 23.3 Å². The number of hydrogen-bond donors (Lipinski definition) is 0. The smallest absolute Gasteiger partial charge is 0.247 e. The van der Waals surface area contributed by atoms with Gasteiger partial charge in [-0.3, -0.25) is 9.59 Å². The van der Waals surface area contributed by atoms with Crippen molar-refractivity contribution in [2.45, 2.75) is 38.8 Å². The van der Waals surface area contributed by atoms with E-state index in [0.29, 0.717) is 42.6 Å². The lowest BCUT2D eigenvalue weighted by atomic mass is 10.0. The van der Waals surface area contributed by atoms with Gasteiger partial charge in [0.2, 0.25) is 11.8 Å². The largest absolute Gasteiger partial charge is 0.339 e. The third-order valence-electron chi connectivity index (χ3n) is 5.95. The van der Waals surface area contributed by atoms with Crippen LogP contribution in [0.4, 0.5) is 0 Å². The van der Waals surface area contributed by atoms with Crippen molar-refractivity contribution in [3.8, 4) is 12.1 Å². The fraction of sp³-hybridized carbons (Fsp3) is 0.286. The summed E-state index contributed by atoms with van der Waals surface area (Å²) in [7, 11) is 0. The lowest BCUT2D eigenvalue weighted by Gasteiger charge is -2.40. The Morgan fingerprint density at radius 1 is 0.912 bits per heavy atom. The first kappa shape index (κ1) is 24.5. The number of amides is 2. The van der Waals surface area contributed by atoms with Gasteiger partial charge >= 0.3 is 0 Å². The molecule has 6 nitrogen and oxygen atoms in total. The molecule has 6 heteroatoms. The van der Waals surface area contributed by atoms with Crippen LogP contribution in [0.15, 0.2) is 60.7 Å². The quantitative estimate of drug-likeness (QED) is 0.608. The van der Waals surface area contributed by atoms with Gasteiger partial charge in [0, 0.05) is 37.3 Å². The number of piperidine rings is 1. The van der Waals surface area contributed by atoms with Gasteiger partial charge in [-0.05, 0) is 62.1 Å². The van der Waals surface area contributed by atoms with Crippen molar-refractivity contribution >= 4 is 24.0 Å². The first-order valence-corrected chi connectivity index (χ1v) is 11.4. The van der Waals surface area contributed by atoms with E-state index < -0.39 is 0 Å². The maximum absolute atomic E-state index is 13.0. The van der Waals surface area contributed by atoms with Crippen molar-refractivity contribution in [1.82, 2.24) is 9.80 Å². The molecule has 2 aromatic carbocycles. The Kier molecular flexibility index (Phi) is 8.37.